The van der Waals surface area contributed by atoms with Crippen molar-refractivity contribution in [1.29, 1.82) is 0 Å². The van der Waals surface area contributed by atoms with E-state index in [4.69, 9.17) is 9.47 Å². The van der Waals surface area contributed by atoms with Crippen LogP contribution in [0.1, 0.15) is 19.8 Å². The lowest BCUT2D eigenvalue weighted by molar-refractivity contribution is -0.0690. The van der Waals surface area contributed by atoms with Crippen LogP contribution in [0, 0.1) is 0 Å². The second kappa shape index (κ2) is 9.58. The molecule has 1 fully saturated rings. The molecule has 0 saturated carbocycles. The normalized spacial score (nSPS) is 22.5. The summed E-state index contributed by atoms with van der Waals surface area (Å²) in [7, 11) is 0. The molecule has 1 atom stereocenters. The summed E-state index contributed by atoms with van der Waals surface area (Å²) in [6.45, 7) is 8.92. The van der Waals surface area contributed by atoms with Gasteiger partial charge in [-0.15, -0.1) is 0 Å². The van der Waals surface area contributed by atoms with E-state index in [0.717, 1.165) is 45.9 Å². The molecule has 0 aromatic heterocycles. The van der Waals surface area contributed by atoms with Crippen molar-refractivity contribution in [2.75, 3.05) is 46.0 Å². The molecule has 0 aromatic carbocycles. The minimum absolute atomic E-state index is 0.271. The Balaban J connectivity index is 2.02. The zero-order chi connectivity index (χ0) is 11.6. The van der Waals surface area contributed by atoms with Gasteiger partial charge in [-0.1, -0.05) is 6.92 Å². The molecule has 0 unspecified atom stereocenters. The molecule has 1 saturated heterocycles. The summed E-state index contributed by atoms with van der Waals surface area (Å²) >= 11 is 2.16. The Hall–Kier alpha value is 0.570. The molecule has 0 bridgehead atoms. The van der Waals surface area contributed by atoms with Crippen molar-refractivity contribution in [2.24, 2.45) is 0 Å². The summed E-state index contributed by atoms with van der Waals surface area (Å²) < 4.78 is 14.4. The van der Waals surface area contributed by atoms with Gasteiger partial charge in [-0.3, -0.25) is 8.43 Å². The molecule has 1 heterocycles. The Labute approximate surface area is 113 Å². The SMILES string of the molecule is CCCN1CCO[C@@H](COCCCNI)C1. The average molecular weight is 342 g/mol. The van der Waals surface area contributed by atoms with Crippen LogP contribution in [-0.4, -0.2) is 57.0 Å². The summed E-state index contributed by atoms with van der Waals surface area (Å²) in [6.07, 6.45) is 2.55. The van der Waals surface area contributed by atoms with Gasteiger partial charge >= 0.3 is 0 Å². The van der Waals surface area contributed by atoms with E-state index >= 15 is 0 Å². The van der Waals surface area contributed by atoms with Crippen molar-refractivity contribution in [2.45, 2.75) is 25.9 Å². The highest BCUT2D eigenvalue weighted by atomic mass is 127. The van der Waals surface area contributed by atoms with Gasteiger partial charge in [0.1, 0.15) is 0 Å². The summed E-state index contributed by atoms with van der Waals surface area (Å²) in [5.74, 6) is 0. The fourth-order valence-corrected chi connectivity index (χ4v) is 2.24. The van der Waals surface area contributed by atoms with Gasteiger partial charge in [-0.05, 0) is 19.4 Å². The third kappa shape index (κ3) is 6.34. The van der Waals surface area contributed by atoms with E-state index in [-0.39, 0.29) is 6.10 Å². The van der Waals surface area contributed by atoms with Crippen molar-refractivity contribution < 1.29 is 9.47 Å². The molecule has 5 heteroatoms. The number of rotatable bonds is 8. The Morgan fingerprint density at radius 3 is 3.19 bits per heavy atom. The van der Waals surface area contributed by atoms with Crippen LogP contribution in [-0.2, 0) is 9.47 Å². The molecule has 0 spiro atoms. The van der Waals surface area contributed by atoms with Crippen LogP contribution in [0.2, 0.25) is 0 Å². The molecular formula is C11H23IN2O2. The highest BCUT2D eigenvalue weighted by Gasteiger charge is 2.19. The molecular weight excluding hydrogens is 319 g/mol. The van der Waals surface area contributed by atoms with Gasteiger partial charge in [0.2, 0.25) is 0 Å². The number of hydrogen-bond donors (Lipinski definition) is 1. The minimum Gasteiger partial charge on any atom is -0.379 e. The zero-order valence-electron chi connectivity index (χ0n) is 10.1. The molecule has 1 aliphatic heterocycles. The van der Waals surface area contributed by atoms with Crippen LogP contribution in [0.5, 0.6) is 0 Å². The van der Waals surface area contributed by atoms with Gasteiger partial charge in [-0.25, -0.2) is 0 Å². The van der Waals surface area contributed by atoms with Crippen molar-refractivity contribution in [3.8, 4) is 0 Å². The van der Waals surface area contributed by atoms with Crippen molar-refractivity contribution in [3.05, 3.63) is 0 Å². The number of nitrogens with zero attached hydrogens (tertiary/aromatic N) is 1. The fourth-order valence-electron chi connectivity index (χ4n) is 1.86. The van der Waals surface area contributed by atoms with E-state index < -0.39 is 0 Å². The molecule has 0 aliphatic carbocycles. The standard InChI is InChI=1S/C11H23IN2O2/c1-2-5-14-6-8-16-11(9-14)10-15-7-3-4-13-12/h11,13H,2-10H2,1H3/t11-/m1/s1. The van der Waals surface area contributed by atoms with Crippen LogP contribution in [0.4, 0.5) is 0 Å². The summed E-state index contributed by atoms with van der Waals surface area (Å²) in [5, 5.41) is 0. The molecule has 1 aliphatic rings. The van der Waals surface area contributed by atoms with E-state index in [9.17, 15) is 0 Å². The monoisotopic (exact) mass is 342 g/mol. The summed E-state index contributed by atoms with van der Waals surface area (Å²) in [6, 6.07) is 0. The van der Waals surface area contributed by atoms with Crippen LogP contribution < -0.4 is 3.53 Å². The second-order valence-corrected chi connectivity index (χ2v) is 4.87. The first-order valence-electron chi connectivity index (χ1n) is 6.12. The lowest BCUT2D eigenvalue weighted by Gasteiger charge is -2.32. The second-order valence-electron chi connectivity index (χ2n) is 4.11. The Morgan fingerprint density at radius 1 is 1.56 bits per heavy atom. The van der Waals surface area contributed by atoms with Gasteiger partial charge in [-0.2, -0.15) is 0 Å². The predicted molar refractivity (Wildman–Crippen MR) is 73.9 cm³/mol. The van der Waals surface area contributed by atoms with Gasteiger partial charge in [0.25, 0.3) is 0 Å². The van der Waals surface area contributed by atoms with E-state index in [1.54, 1.807) is 0 Å². The summed E-state index contributed by atoms with van der Waals surface area (Å²) in [4.78, 5) is 2.46. The lowest BCUT2D eigenvalue weighted by atomic mass is 10.2. The number of ether oxygens (including phenoxy) is 2. The largest absolute Gasteiger partial charge is 0.379 e. The molecule has 96 valence electrons. The molecule has 4 nitrogen and oxygen atoms in total. The quantitative estimate of drug-likeness (QED) is 0.411. The molecule has 0 radical (unpaired) electrons. The summed E-state index contributed by atoms with van der Waals surface area (Å²) in [5.41, 5.74) is 0. The van der Waals surface area contributed by atoms with E-state index in [0.29, 0.717) is 0 Å². The number of morpholine rings is 1. The number of nitrogens with one attached hydrogen (secondary N) is 1. The molecule has 0 aromatic rings. The van der Waals surface area contributed by atoms with E-state index in [2.05, 4.69) is 38.2 Å². The Bertz CT molecular complexity index is 170. The Kier molecular flexibility index (Phi) is 8.76. The topological polar surface area (TPSA) is 33.7 Å². The van der Waals surface area contributed by atoms with Crippen LogP contribution >= 0.6 is 22.9 Å². The first-order valence-corrected chi connectivity index (χ1v) is 7.20. The highest BCUT2D eigenvalue weighted by Crippen LogP contribution is 2.06. The van der Waals surface area contributed by atoms with Crippen LogP contribution in [0.3, 0.4) is 0 Å². The van der Waals surface area contributed by atoms with Crippen molar-refractivity contribution in [3.63, 3.8) is 0 Å². The predicted octanol–water partition coefficient (Wildman–Crippen LogP) is 1.44. The van der Waals surface area contributed by atoms with Crippen molar-refractivity contribution >= 4 is 22.9 Å². The third-order valence-corrected chi connectivity index (χ3v) is 3.17. The van der Waals surface area contributed by atoms with Gasteiger partial charge in [0.05, 0.1) is 19.3 Å². The maximum atomic E-state index is 5.68. The lowest BCUT2D eigenvalue weighted by Crippen LogP contribution is -2.44. The van der Waals surface area contributed by atoms with E-state index in [1.165, 1.54) is 13.0 Å². The van der Waals surface area contributed by atoms with Gasteiger partial charge in [0, 0.05) is 49.1 Å². The van der Waals surface area contributed by atoms with Gasteiger partial charge < -0.3 is 9.47 Å². The van der Waals surface area contributed by atoms with Crippen LogP contribution in [0.25, 0.3) is 0 Å². The molecule has 16 heavy (non-hydrogen) atoms. The van der Waals surface area contributed by atoms with Gasteiger partial charge in [0.15, 0.2) is 0 Å². The smallest absolute Gasteiger partial charge is 0.0935 e. The minimum atomic E-state index is 0.271. The number of halogens is 1. The third-order valence-electron chi connectivity index (χ3n) is 2.63. The number of hydrogen-bond acceptors (Lipinski definition) is 4. The first-order chi connectivity index (χ1) is 7.86. The molecule has 0 amide bonds. The van der Waals surface area contributed by atoms with Crippen molar-refractivity contribution in [1.82, 2.24) is 8.43 Å². The average Bonchev–Trinajstić information content (AvgIpc) is 2.30. The first kappa shape index (κ1) is 14.6. The van der Waals surface area contributed by atoms with Crippen LogP contribution in [0.15, 0.2) is 0 Å². The molecule has 1 N–H and O–H groups in total. The fraction of sp³-hybridized carbons (Fsp3) is 1.00. The van der Waals surface area contributed by atoms with E-state index in [1.807, 2.05) is 0 Å². The highest BCUT2D eigenvalue weighted by molar-refractivity contribution is 14.1. The zero-order valence-corrected chi connectivity index (χ0v) is 12.2. The maximum Gasteiger partial charge on any atom is 0.0935 e. The Morgan fingerprint density at radius 2 is 2.44 bits per heavy atom. The maximum absolute atomic E-state index is 5.68. The molecule has 1 rings (SSSR count).